The molecule has 0 aliphatic heterocycles. The van der Waals surface area contributed by atoms with E-state index in [4.69, 9.17) is 0 Å². The number of carbonyl (C=O) groups is 1. The molecule has 0 fully saturated rings. The molecule has 8 nitrogen and oxygen atoms in total. The van der Waals surface area contributed by atoms with E-state index in [1.807, 2.05) is 6.92 Å². The minimum absolute atomic E-state index is 0.103. The first kappa shape index (κ1) is 22.6. The molecule has 0 spiro atoms. The number of benzene rings is 1. The zero-order chi connectivity index (χ0) is 23.2. The lowest BCUT2D eigenvalue weighted by Gasteiger charge is -2.16. The smallest absolute Gasteiger partial charge is 0.262 e. The molecule has 1 N–H and O–H groups in total. The normalized spacial score (nSPS) is 14.0. The number of amides is 1. The highest BCUT2D eigenvalue weighted by molar-refractivity contribution is 7.89. The summed E-state index contributed by atoms with van der Waals surface area (Å²) in [4.78, 5) is 32.4. The second-order valence-electron chi connectivity index (χ2n) is 8.32. The highest BCUT2D eigenvalue weighted by Gasteiger charge is 2.22. The molecule has 2 heterocycles. The third-order valence-corrected chi connectivity index (χ3v) is 8.94. The predicted octanol–water partition coefficient (Wildman–Crippen LogP) is 2.84. The maximum atomic E-state index is 13.1. The first-order valence-electron chi connectivity index (χ1n) is 10.4. The Hall–Kier alpha value is -2.56. The number of nitrogens with zero attached hydrogens (tertiary/aromatic N) is 3. The van der Waals surface area contributed by atoms with E-state index >= 15 is 0 Å². The lowest BCUT2D eigenvalue weighted by Crippen LogP contribution is -2.28. The van der Waals surface area contributed by atoms with Crippen molar-refractivity contribution in [1.29, 1.82) is 0 Å². The molecule has 0 saturated carbocycles. The predicted molar refractivity (Wildman–Crippen MR) is 126 cm³/mol. The Morgan fingerprint density at radius 3 is 2.66 bits per heavy atom. The summed E-state index contributed by atoms with van der Waals surface area (Å²) in [5, 5.41) is 3.41. The molecular formula is C22H26N4O4S2. The largest absolute Gasteiger partial charge is 0.324 e. The summed E-state index contributed by atoms with van der Waals surface area (Å²) in [6.45, 7) is 3.41. The van der Waals surface area contributed by atoms with Crippen LogP contribution in [-0.4, -0.2) is 42.3 Å². The summed E-state index contributed by atoms with van der Waals surface area (Å²) in [5.41, 5.74) is 2.79. The molecule has 0 unspecified atom stereocenters. The summed E-state index contributed by atoms with van der Waals surface area (Å²) in [6, 6.07) is 3.04. The molecule has 0 radical (unpaired) electrons. The van der Waals surface area contributed by atoms with Crippen molar-refractivity contribution in [3.8, 4) is 0 Å². The molecule has 0 bridgehead atoms. The van der Waals surface area contributed by atoms with Crippen LogP contribution < -0.4 is 10.9 Å². The van der Waals surface area contributed by atoms with Crippen molar-refractivity contribution in [3.05, 3.63) is 50.4 Å². The number of hydrogen-bond acceptors (Lipinski definition) is 6. The van der Waals surface area contributed by atoms with E-state index in [9.17, 15) is 18.0 Å². The first-order valence-corrected chi connectivity index (χ1v) is 12.7. The van der Waals surface area contributed by atoms with Crippen LogP contribution in [0.25, 0.3) is 10.2 Å². The van der Waals surface area contributed by atoms with Gasteiger partial charge in [0.25, 0.3) is 5.56 Å². The van der Waals surface area contributed by atoms with Gasteiger partial charge in [-0.1, -0.05) is 0 Å². The van der Waals surface area contributed by atoms with Crippen molar-refractivity contribution in [2.24, 2.45) is 0 Å². The molecule has 1 aromatic carbocycles. The highest BCUT2D eigenvalue weighted by Crippen LogP contribution is 2.33. The lowest BCUT2D eigenvalue weighted by atomic mass is 9.97. The average Bonchev–Trinajstić information content (AvgIpc) is 3.12. The molecule has 3 aromatic rings. The van der Waals surface area contributed by atoms with Crippen LogP contribution in [0.15, 0.2) is 28.2 Å². The minimum atomic E-state index is -3.65. The van der Waals surface area contributed by atoms with Crippen molar-refractivity contribution in [2.75, 3.05) is 19.4 Å². The van der Waals surface area contributed by atoms with Crippen molar-refractivity contribution in [3.63, 3.8) is 0 Å². The standard InChI is InChI=1S/C22H26N4O4S2/c1-13-9-15(32(29,30)25(3)4)10-17(14(13)2)24-19(27)11-26-12-23-21-20(22(26)28)16-7-5-6-8-18(16)31-21/h9-10,12H,5-8,11H2,1-4H3,(H,24,27). The molecule has 0 atom stereocenters. The number of anilines is 1. The average molecular weight is 475 g/mol. The van der Waals surface area contributed by atoms with Crippen molar-refractivity contribution in [2.45, 2.75) is 51.0 Å². The number of carbonyl (C=O) groups excluding carboxylic acids is 1. The van der Waals surface area contributed by atoms with Crippen LogP contribution in [0.5, 0.6) is 0 Å². The van der Waals surface area contributed by atoms with E-state index in [2.05, 4.69) is 10.3 Å². The van der Waals surface area contributed by atoms with Crippen LogP contribution >= 0.6 is 11.3 Å². The zero-order valence-electron chi connectivity index (χ0n) is 18.6. The van der Waals surface area contributed by atoms with Crippen LogP contribution in [0.4, 0.5) is 5.69 Å². The second-order valence-corrected chi connectivity index (χ2v) is 11.6. The Balaban J connectivity index is 1.63. The van der Waals surface area contributed by atoms with E-state index < -0.39 is 15.9 Å². The molecule has 170 valence electrons. The van der Waals surface area contributed by atoms with Crippen LogP contribution in [-0.2, 0) is 34.2 Å². The number of hydrogen-bond donors (Lipinski definition) is 1. The van der Waals surface area contributed by atoms with E-state index in [1.165, 1.54) is 35.9 Å². The molecule has 1 amide bonds. The molecule has 32 heavy (non-hydrogen) atoms. The summed E-state index contributed by atoms with van der Waals surface area (Å²) < 4.78 is 27.5. The third kappa shape index (κ3) is 3.98. The lowest BCUT2D eigenvalue weighted by molar-refractivity contribution is -0.116. The van der Waals surface area contributed by atoms with Gasteiger partial charge in [0.1, 0.15) is 11.4 Å². The van der Waals surface area contributed by atoms with Gasteiger partial charge in [-0.2, -0.15) is 0 Å². The molecule has 1 aliphatic carbocycles. The van der Waals surface area contributed by atoms with Gasteiger partial charge in [-0.25, -0.2) is 17.7 Å². The Bertz CT molecular complexity index is 1390. The van der Waals surface area contributed by atoms with Gasteiger partial charge in [0.05, 0.1) is 16.6 Å². The van der Waals surface area contributed by atoms with E-state index in [-0.39, 0.29) is 17.0 Å². The van der Waals surface area contributed by atoms with Gasteiger partial charge >= 0.3 is 0 Å². The number of sulfonamides is 1. The summed E-state index contributed by atoms with van der Waals surface area (Å²) in [7, 11) is -0.729. The fourth-order valence-electron chi connectivity index (χ4n) is 3.95. The monoisotopic (exact) mass is 474 g/mol. The Kier molecular flexibility index (Phi) is 5.95. The maximum Gasteiger partial charge on any atom is 0.262 e. The molecule has 0 saturated heterocycles. The van der Waals surface area contributed by atoms with Crippen LogP contribution in [0, 0.1) is 13.8 Å². The van der Waals surface area contributed by atoms with Gasteiger partial charge in [-0.05, 0) is 68.4 Å². The van der Waals surface area contributed by atoms with Crippen molar-refractivity contribution in [1.82, 2.24) is 13.9 Å². The number of aromatic nitrogens is 2. The van der Waals surface area contributed by atoms with Gasteiger partial charge < -0.3 is 5.32 Å². The van der Waals surface area contributed by atoms with Gasteiger partial charge in [-0.3, -0.25) is 14.2 Å². The Labute approximate surface area is 190 Å². The minimum Gasteiger partial charge on any atom is -0.324 e. The van der Waals surface area contributed by atoms with Gasteiger partial charge in [0.15, 0.2) is 0 Å². The second kappa shape index (κ2) is 8.42. The maximum absolute atomic E-state index is 13.1. The number of rotatable bonds is 5. The van der Waals surface area contributed by atoms with E-state index in [0.29, 0.717) is 11.1 Å². The fraction of sp³-hybridized carbons (Fsp3) is 0.409. The number of aryl methyl sites for hydroxylation is 3. The molecule has 2 aromatic heterocycles. The summed E-state index contributed by atoms with van der Waals surface area (Å²) in [6.07, 6.45) is 5.43. The van der Waals surface area contributed by atoms with E-state index in [0.717, 1.165) is 51.5 Å². The molecule has 1 aliphatic rings. The zero-order valence-corrected chi connectivity index (χ0v) is 20.2. The topological polar surface area (TPSA) is 101 Å². The first-order chi connectivity index (χ1) is 15.1. The highest BCUT2D eigenvalue weighted by atomic mass is 32.2. The Morgan fingerprint density at radius 2 is 1.94 bits per heavy atom. The molecule has 10 heteroatoms. The van der Waals surface area contributed by atoms with Gasteiger partial charge in [-0.15, -0.1) is 11.3 Å². The number of fused-ring (bicyclic) bond motifs is 3. The quantitative estimate of drug-likeness (QED) is 0.613. The third-order valence-electron chi connectivity index (χ3n) is 5.95. The summed E-state index contributed by atoms with van der Waals surface area (Å²) in [5.74, 6) is -0.417. The van der Waals surface area contributed by atoms with Crippen molar-refractivity contribution < 1.29 is 13.2 Å². The SMILES string of the molecule is Cc1cc(S(=O)(=O)N(C)C)cc(NC(=O)Cn2cnc3sc4c(c3c2=O)CCCC4)c1C. The fourth-order valence-corrected chi connectivity index (χ4v) is 6.19. The van der Waals surface area contributed by atoms with Crippen LogP contribution in [0.3, 0.4) is 0 Å². The number of nitrogens with one attached hydrogen (secondary N) is 1. The Morgan fingerprint density at radius 1 is 1.22 bits per heavy atom. The molecular weight excluding hydrogens is 448 g/mol. The van der Waals surface area contributed by atoms with Crippen LogP contribution in [0.1, 0.15) is 34.4 Å². The summed E-state index contributed by atoms with van der Waals surface area (Å²) >= 11 is 1.57. The van der Waals surface area contributed by atoms with Crippen molar-refractivity contribution >= 4 is 43.2 Å². The van der Waals surface area contributed by atoms with Gasteiger partial charge in [0, 0.05) is 24.7 Å². The number of thiophene rings is 1. The molecule has 4 rings (SSSR count). The van der Waals surface area contributed by atoms with Gasteiger partial charge in [0.2, 0.25) is 15.9 Å². The van der Waals surface area contributed by atoms with Crippen LogP contribution in [0.2, 0.25) is 0 Å². The van der Waals surface area contributed by atoms with E-state index in [1.54, 1.807) is 24.3 Å².